The van der Waals surface area contributed by atoms with E-state index in [1.54, 1.807) is 19.3 Å². The molecule has 0 saturated carbocycles. The summed E-state index contributed by atoms with van der Waals surface area (Å²) in [6.07, 6.45) is 4.44. The molecular formula is C19H23ClN4O2. The van der Waals surface area contributed by atoms with Crippen molar-refractivity contribution in [3.63, 3.8) is 0 Å². The molecular weight excluding hydrogens is 352 g/mol. The molecule has 6 nitrogen and oxygen atoms in total. The maximum atomic E-state index is 12.6. The molecule has 1 saturated heterocycles. The van der Waals surface area contributed by atoms with E-state index in [1.807, 2.05) is 42.3 Å². The predicted molar refractivity (Wildman–Crippen MR) is 102 cm³/mol. The van der Waals surface area contributed by atoms with E-state index >= 15 is 0 Å². The lowest BCUT2D eigenvalue weighted by Gasteiger charge is -2.37. The van der Waals surface area contributed by atoms with E-state index < -0.39 is 6.10 Å². The summed E-state index contributed by atoms with van der Waals surface area (Å²) in [6, 6.07) is 9.73. The highest BCUT2D eigenvalue weighted by Crippen LogP contribution is 2.21. The Morgan fingerprint density at radius 2 is 1.85 bits per heavy atom. The number of anilines is 1. The number of rotatable bonds is 5. The average Bonchev–Trinajstić information content (AvgIpc) is 2.68. The Labute approximate surface area is 158 Å². The number of hydrogen-bond donors (Lipinski definition) is 0. The van der Waals surface area contributed by atoms with E-state index in [-0.39, 0.29) is 5.91 Å². The summed E-state index contributed by atoms with van der Waals surface area (Å²) in [5, 5.41) is 0.523. The van der Waals surface area contributed by atoms with Gasteiger partial charge < -0.3 is 14.5 Å². The lowest BCUT2D eigenvalue weighted by atomic mass is 10.0. The molecule has 3 rings (SSSR count). The highest BCUT2D eigenvalue weighted by molar-refractivity contribution is 6.30. The zero-order valence-electron chi connectivity index (χ0n) is 15.0. The summed E-state index contributed by atoms with van der Waals surface area (Å²) >= 11 is 5.84. The summed E-state index contributed by atoms with van der Waals surface area (Å²) in [5.74, 6) is 1.39. The van der Waals surface area contributed by atoms with Gasteiger partial charge in [0.2, 0.25) is 5.95 Å². The molecule has 0 aliphatic carbocycles. The van der Waals surface area contributed by atoms with E-state index in [9.17, 15) is 4.79 Å². The topological polar surface area (TPSA) is 58.6 Å². The Hall–Kier alpha value is -2.34. The Morgan fingerprint density at radius 1 is 1.23 bits per heavy atom. The Balaban J connectivity index is 1.52. The molecule has 1 aliphatic heterocycles. The number of likely N-dealkylation sites (tertiary alicyclic amines) is 1. The van der Waals surface area contributed by atoms with Crippen molar-refractivity contribution in [2.24, 2.45) is 0 Å². The summed E-state index contributed by atoms with van der Waals surface area (Å²) < 4.78 is 5.75. The molecule has 1 amide bonds. The lowest BCUT2D eigenvalue weighted by molar-refractivity contribution is -0.139. The van der Waals surface area contributed by atoms with Crippen LogP contribution >= 0.6 is 11.6 Å². The van der Waals surface area contributed by atoms with Gasteiger partial charge in [-0.15, -0.1) is 0 Å². The number of para-hydroxylation sites is 1. The smallest absolute Gasteiger partial charge is 0.263 e. The molecule has 1 aromatic heterocycles. The van der Waals surface area contributed by atoms with Crippen molar-refractivity contribution in [1.82, 2.24) is 14.9 Å². The molecule has 0 bridgehead atoms. The third kappa shape index (κ3) is 4.43. The standard InChI is InChI=1S/C19H23ClN4O2/c1-14(26-17-6-4-3-5-7-17)18(25)24-10-8-16(9-11-24)23(2)19-21-12-15(20)13-22-19/h3-7,12-14,16H,8-11H2,1-2H3. The van der Waals surface area contributed by atoms with Gasteiger partial charge in [-0.3, -0.25) is 4.79 Å². The first-order chi connectivity index (χ1) is 12.5. The van der Waals surface area contributed by atoms with Crippen LogP contribution in [-0.2, 0) is 4.79 Å². The fourth-order valence-electron chi connectivity index (χ4n) is 3.14. The zero-order chi connectivity index (χ0) is 18.5. The molecule has 0 radical (unpaired) electrons. The molecule has 1 atom stereocenters. The van der Waals surface area contributed by atoms with Gasteiger partial charge in [0.05, 0.1) is 17.4 Å². The quantitative estimate of drug-likeness (QED) is 0.805. The van der Waals surface area contributed by atoms with Crippen molar-refractivity contribution >= 4 is 23.5 Å². The fraction of sp³-hybridized carbons (Fsp3) is 0.421. The van der Waals surface area contributed by atoms with Crippen LogP contribution in [0.15, 0.2) is 42.7 Å². The van der Waals surface area contributed by atoms with Gasteiger partial charge in [-0.25, -0.2) is 9.97 Å². The van der Waals surface area contributed by atoms with Gasteiger partial charge in [-0.1, -0.05) is 29.8 Å². The highest BCUT2D eigenvalue weighted by atomic mass is 35.5. The number of carbonyl (C=O) groups is 1. The first-order valence-corrected chi connectivity index (χ1v) is 9.13. The second kappa shape index (κ2) is 8.36. The molecule has 2 aromatic rings. The van der Waals surface area contributed by atoms with Crippen LogP contribution in [0.2, 0.25) is 5.02 Å². The molecule has 1 aromatic carbocycles. The first-order valence-electron chi connectivity index (χ1n) is 8.75. The Morgan fingerprint density at radius 3 is 2.46 bits per heavy atom. The molecule has 26 heavy (non-hydrogen) atoms. The Kier molecular flexibility index (Phi) is 5.93. The van der Waals surface area contributed by atoms with Gasteiger partial charge in [0.25, 0.3) is 5.91 Å². The third-order valence-electron chi connectivity index (χ3n) is 4.65. The number of carbonyl (C=O) groups excluding carboxylic acids is 1. The molecule has 1 unspecified atom stereocenters. The van der Waals surface area contributed by atoms with Gasteiger partial charge >= 0.3 is 0 Å². The van der Waals surface area contributed by atoms with Gasteiger partial charge in [-0.2, -0.15) is 0 Å². The molecule has 2 heterocycles. The number of amides is 1. The van der Waals surface area contributed by atoms with Crippen LogP contribution in [-0.4, -0.2) is 53.1 Å². The van der Waals surface area contributed by atoms with Crippen LogP contribution in [0.5, 0.6) is 5.75 Å². The highest BCUT2D eigenvalue weighted by Gasteiger charge is 2.29. The second-order valence-electron chi connectivity index (χ2n) is 6.44. The third-order valence-corrected chi connectivity index (χ3v) is 4.85. The first kappa shape index (κ1) is 18.5. The predicted octanol–water partition coefficient (Wildman–Crippen LogP) is 3.02. The van der Waals surface area contributed by atoms with Gasteiger partial charge in [-0.05, 0) is 31.9 Å². The van der Waals surface area contributed by atoms with Crippen LogP contribution in [0.3, 0.4) is 0 Å². The maximum absolute atomic E-state index is 12.6. The molecule has 138 valence electrons. The summed E-state index contributed by atoms with van der Waals surface area (Å²) in [4.78, 5) is 25.1. The van der Waals surface area contributed by atoms with Crippen molar-refractivity contribution < 1.29 is 9.53 Å². The van der Waals surface area contributed by atoms with Crippen molar-refractivity contribution in [1.29, 1.82) is 0 Å². The minimum absolute atomic E-state index is 0.0256. The normalized spacial score (nSPS) is 16.2. The van der Waals surface area contributed by atoms with E-state index in [2.05, 4.69) is 14.9 Å². The molecule has 7 heteroatoms. The van der Waals surface area contributed by atoms with Crippen LogP contribution in [0.4, 0.5) is 5.95 Å². The van der Waals surface area contributed by atoms with Crippen molar-refractivity contribution in [3.05, 3.63) is 47.7 Å². The number of piperidine rings is 1. The van der Waals surface area contributed by atoms with E-state index in [4.69, 9.17) is 16.3 Å². The monoisotopic (exact) mass is 374 g/mol. The number of ether oxygens (including phenoxy) is 1. The molecule has 0 N–H and O–H groups in total. The lowest BCUT2D eigenvalue weighted by Crippen LogP contribution is -2.49. The summed E-state index contributed by atoms with van der Waals surface area (Å²) in [7, 11) is 1.98. The van der Waals surface area contributed by atoms with Gasteiger partial charge in [0.15, 0.2) is 6.10 Å². The van der Waals surface area contributed by atoms with Crippen molar-refractivity contribution in [3.8, 4) is 5.75 Å². The summed E-state index contributed by atoms with van der Waals surface area (Å²) in [6.45, 7) is 3.20. The minimum atomic E-state index is -0.494. The molecule has 1 aliphatic rings. The van der Waals surface area contributed by atoms with Crippen LogP contribution in [0, 0.1) is 0 Å². The van der Waals surface area contributed by atoms with Crippen molar-refractivity contribution in [2.45, 2.75) is 31.9 Å². The maximum Gasteiger partial charge on any atom is 0.263 e. The number of hydrogen-bond acceptors (Lipinski definition) is 5. The Bertz CT molecular complexity index is 718. The number of nitrogens with zero attached hydrogens (tertiary/aromatic N) is 4. The fourth-order valence-corrected chi connectivity index (χ4v) is 3.23. The van der Waals surface area contributed by atoms with E-state index in [0.29, 0.717) is 35.9 Å². The van der Waals surface area contributed by atoms with Gasteiger partial charge in [0.1, 0.15) is 5.75 Å². The van der Waals surface area contributed by atoms with Crippen molar-refractivity contribution in [2.75, 3.05) is 25.0 Å². The second-order valence-corrected chi connectivity index (χ2v) is 6.88. The molecule has 1 fully saturated rings. The van der Waals surface area contributed by atoms with Crippen LogP contribution in [0.1, 0.15) is 19.8 Å². The number of aromatic nitrogens is 2. The largest absolute Gasteiger partial charge is 0.481 e. The SMILES string of the molecule is CC(Oc1ccccc1)C(=O)N1CCC(N(C)c2ncc(Cl)cn2)CC1. The number of halogens is 1. The van der Waals surface area contributed by atoms with Crippen LogP contribution < -0.4 is 9.64 Å². The molecule has 0 spiro atoms. The average molecular weight is 375 g/mol. The van der Waals surface area contributed by atoms with E-state index in [0.717, 1.165) is 12.8 Å². The van der Waals surface area contributed by atoms with E-state index in [1.165, 1.54) is 0 Å². The summed E-state index contributed by atoms with van der Waals surface area (Å²) in [5.41, 5.74) is 0. The minimum Gasteiger partial charge on any atom is -0.481 e. The van der Waals surface area contributed by atoms with Gasteiger partial charge in [0, 0.05) is 26.2 Å². The number of benzene rings is 1. The van der Waals surface area contributed by atoms with Crippen LogP contribution in [0.25, 0.3) is 0 Å². The zero-order valence-corrected chi connectivity index (χ0v) is 15.8.